The first-order chi connectivity index (χ1) is 12.2. The number of benzene rings is 1. The monoisotopic (exact) mass is 342 g/mol. The molecule has 1 aromatic heterocycles. The van der Waals surface area contributed by atoms with E-state index in [9.17, 15) is 4.79 Å². The van der Waals surface area contributed by atoms with Crippen LogP contribution in [0.25, 0.3) is 0 Å². The molecule has 0 aliphatic carbocycles. The fourth-order valence-electron chi connectivity index (χ4n) is 3.20. The van der Waals surface area contributed by atoms with E-state index in [2.05, 4.69) is 14.9 Å². The highest BCUT2D eigenvalue weighted by molar-refractivity contribution is 5.89. The predicted octanol–water partition coefficient (Wildman–Crippen LogP) is 3.53. The zero-order valence-corrected chi connectivity index (χ0v) is 14.9. The number of aryl methyl sites for hydroxylation is 1. The van der Waals surface area contributed by atoms with E-state index in [1.807, 2.05) is 55.4 Å². The third-order valence-corrected chi connectivity index (χ3v) is 4.70. The molecule has 3 rings (SSSR count). The van der Waals surface area contributed by atoms with Gasteiger partial charge in [-0.1, -0.05) is 0 Å². The van der Waals surface area contributed by atoms with E-state index < -0.39 is 0 Å². The highest BCUT2D eigenvalue weighted by Crippen LogP contribution is 2.21. The summed E-state index contributed by atoms with van der Waals surface area (Å²) in [5.74, 6) is 2.47. The average Bonchev–Trinajstić information content (AvgIpc) is 3.02. The summed E-state index contributed by atoms with van der Waals surface area (Å²) in [6.07, 6.45) is 5.91. The van der Waals surface area contributed by atoms with Gasteiger partial charge in [0.1, 0.15) is 11.6 Å². The molecule has 2 amide bonds. The summed E-state index contributed by atoms with van der Waals surface area (Å²) in [7, 11) is 0. The molecule has 2 heterocycles. The van der Waals surface area contributed by atoms with Crippen molar-refractivity contribution in [1.82, 2.24) is 14.5 Å². The Balaban J connectivity index is 1.47. The van der Waals surface area contributed by atoms with Crippen molar-refractivity contribution < 1.29 is 9.53 Å². The predicted molar refractivity (Wildman–Crippen MR) is 97.9 cm³/mol. The highest BCUT2D eigenvalue weighted by Gasteiger charge is 2.23. The first-order valence-electron chi connectivity index (χ1n) is 8.92. The van der Waals surface area contributed by atoms with Gasteiger partial charge in [0, 0.05) is 37.7 Å². The van der Waals surface area contributed by atoms with Crippen molar-refractivity contribution in [3.8, 4) is 5.75 Å². The van der Waals surface area contributed by atoms with Crippen molar-refractivity contribution in [3.63, 3.8) is 0 Å². The van der Waals surface area contributed by atoms with Crippen LogP contribution >= 0.6 is 0 Å². The molecule has 0 bridgehead atoms. The van der Waals surface area contributed by atoms with Crippen molar-refractivity contribution in [2.75, 3.05) is 25.0 Å². The van der Waals surface area contributed by atoms with Crippen LogP contribution in [0.5, 0.6) is 5.75 Å². The maximum absolute atomic E-state index is 12.4. The summed E-state index contributed by atoms with van der Waals surface area (Å²) in [5, 5.41) is 2.97. The SMILES string of the molecule is CCOc1ccc(NC(=O)N2CCC(Cn3ccnc3C)CC2)cc1. The van der Waals surface area contributed by atoms with Crippen molar-refractivity contribution in [2.45, 2.75) is 33.2 Å². The summed E-state index contributed by atoms with van der Waals surface area (Å²) >= 11 is 0. The molecular formula is C19H26N4O2. The number of urea groups is 1. The Morgan fingerprint density at radius 3 is 2.60 bits per heavy atom. The molecule has 1 aliphatic heterocycles. The third-order valence-electron chi connectivity index (χ3n) is 4.70. The molecule has 0 radical (unpaired) electrons. The topological polar surface area (TPSA) is 59.4 Å². The van der Waals surface area contributed by atoms with E-state index in [4.69, 9.17) is 4.74 Å². The summed E-state index contributed by atoms with van der Waals surface area (Å²) in [6.45, 7) is 7.19. The number of hydrogen-bond acceptors (Lipinski definition) is 3. The van der Waals surface area contributed by atoms with Crippen LogP contribution in [-0.4, -0.2) is 40.2 Å². The number of nitrogens with one attached hydrogen (secondary N) is 1. The lowest BCUT2D eigenvalue weighted by atomic mass is 9.97. The number of aromatic nitrogens is 2. The Labute approximate surface area is 148 Å². The molecule has 0 unspecified atom stereocenters. The Morgan fingerprint density at radius 2 is 2.00 bits per heavy atom. The highest BCUT2D eigenvalue weighted by atomic mass is 16.5. The summed E-state index contributed by atoms with van der Waals surface area (Å²) in [5.41, 5.74) is 0.796. The summed E-state index contributed by atoms with van der Waals surface area (Å²) in [6, 6.07) is 7.47. The smallest absolute Gasteiger partial charge is 0.321 e. The Hall–Kier alpha value is -2.50. The van der Waals surface area contributed by atoms with Crippen LogP contribution in [0.3, 0.4) is 0 Å². The quantitative estimate of drug-likeness (QED) is 0.904. The van der Waals surface area contributed by atoms with Crippen LogP contribution < -0.4 is 10.1 Å². The number of rotatable bonds is 5. The lowest BCUT2D eigenvalue weighted by Crippen LogP contribution is -2.41. The van der Waals surface area contributed by atoms with Crippen molar-refractivity contribution in [1.29, 1.82) is 0 Å². The number of carbonyl (C=O) groups is 1. The van der Waals surface area contributed by atoms with E-state index in [0.29, 0.717) is 12.5 Å². The first-order valence-corrected chi connectivity index (χ1v) is 8.92. The molecule has 6 nitrogen and oxygen atoms in total. The van der Waals surface area contributed by atoms with Gasteiger partial charge in [-0.2, -0.15) is 0 Å². The van der Waals surface area contributed by atoms with Gasteiger partial charge in [-0.15, -0.1) is 0 Å². The second-order valence-corrected chi connectivity index (χ2v) is 6.44. The summed E-state index contributed by atoms with van der Waals surface area (Å²) < 4.78 is 7.61. The Kier molecular flexibility index (Phi) is 5.58. The van der Waals surface area contributed by atoms with Crippen LogP contribution in [0.2, 0.25) is 0 Å². The number of imidazole rings is 1. The van der Waals surface area contributed by atoms with Gasteiger partial charge >= 0.3 is 6.03 Å². The van der Waals surface area contributed by atoms with Crippen molar-refractivity contribution in [2.24, 2.45) is 5.92 Å². The van der Waals surface area contributed by atoms with Crippen molar-refractivity contribution in [3.05, 3.63) is 42.5 Å². The molecule has 6 heteroatoms. The van der Waals surface area contributed by atoms with E-state index in [-0.39, 0.29) is 6.03 Å². The molecule has 1 fully saturated rings. The molecule has 25 heavy (non-hydrogen) atoms. The maximum Gasteiger partial charge on any atom is 0.321 e. The number of likely N-dealkylation sites (tertiary alicyclic amines) is 1. The molecule has 1 aromatic carbocycles. The molecule has 0 spiro atoms. The lowest BCUT2D eigenvalue weighted by Gasteiger charge is -2.32. The number of anilines is 1. The number of nitrogens with zero attached hydrogens (tertiary/aromatic N) is 3. The zero-order chi connectivity index (χ0) is 17.6. The minimum absolute atomic E-state index is 0.0265. The van der Waals surface area contributed by atoms with E-state index in [1.54, 1.807) is 0 Å². The third kappa shape index (κ3) is 4.53. The second-order valence-electron chi connectivity index (χ2n) is 6.44. The lowest BCUT2D eigenvalue weighted by molar-refractivity contribution is 0.176. The minimum atomic E-state index is -0.0265. The fourth-order valence-corrected chi connectivity index (χ4v) is 3.20. The van der Waals surface area contributed by atoms with Gasteiger partial charge in [0.15, 0.2) is 0 Å². The minimum Gasteiger partial charge on any atom is -0.494 e. The van der Waals surface area contributed by atoms with E-state index in [1.165, 1.54) is 0 Å². The second kappa shape index (κ2) is 8.05. The first kappa shape index (κ1) is 17.3. The number of hydrogen-bond donors (Lipinski definition) is 1. The molecule has 1 aliphatic rings. The number of piperidine rings is 1. The largest absolute Gasteiger partial charge is 0.494 e. The molecule has 134 valence electrons. The van der Waals surface area contributed by atoms with Crippen LogP contribution in [0.15, 0.2) is 36.7 Å². The zero-order valence-electron chi connectivity index (χ0n) is 14.9. The van der Waals surface area contributed by atoms with Gasteiger partial charge < -0.3 is 19.5 Å². The van der Waals surface area contributed by atoms with Crippen molar-refractivity contribution >= 4 is 11.7 Å². The fraction of sp³-hybridized carbons (Fsp3) is 0.474. The van der Waals surface area contributed by atoms with Crippen LogP contribution in [0, 0.1) is 12.8 Å². The van der Waals surface area contributed by atoms with Gasteiger partial charge in [0.05, 0.1) is 6.61 Å². The molecule has 1 N–H and O–H groups in total. The van der Waals surface area contributed by atoms with Crippen LogP contribution in [0.4, 0.5) is 10.5 Å². The van der Waals surface area contributed by atoms with Gasteiger partial charge in [0.25, 0.3) is 0 Å². The Morgan fingerprint density at radius 1 is 1.28 bits per heavy atom. The van der Waals surface area contributed by atoms with Crippen LogP contribution in [-0.2, 0) is 6.54 Å². The molecular weight excluding hydrogens is 316 g/mol. The van der Waals surface area contributed by atoms with Gasteiger partial charge in [-0.25, -0.2) is 9.78 Å². The molecule has 2 aromatic rings. The molecule has 0 saturated carbocycles. The average molecular weight is 342 g/mol. The van der Waals surface area contributed by atoms with Gasteiger partial charge in [-0.3, -0.25) is 0 Å². The molecule has 1 saturated heterocycles. The van der Waals surface area contributed by atoms with E-state index in [0.717, 1.165) is 49.7 Å². The van der Waals surface area contributed by atoms with Crippen LogP contribution in [0.1, 0.15) is 25.6 Å². The number of ether oxygens (including phenoxy) is 1. The normalized spacial score (nSPS) is 15.2. The van der Waals surface area contributed by atoms with Gasteiger partial charge in [-0.05, 0) is 56.9 Å². The maximum atomic E-state index is 12.4. The van der Waals surface area contributed by atoms with E-state index >= 15 is 0 Å². The Bertz CT molecular complexity index is 688. The summed E-state index contributed by atoms with van der Waals surface area (Å²) in [4.78, 5) is 18.6. The standard InChI is InChI=1S/C19H26N4O2/c1-3-25-18-6-4-17(5-7-18)21-19(24)22-11-8-16(9-12-22)14-23-13-10-20-15(23)2/h4-7,10,13,16H,3,8-9,11-12,14H2,1-2H3,(H,21,24). The van der Waals surface area contributed by atoms with Gasteiger partial charge in [0.2, 0.25) is 0 Å². The number of amides is 2. The molecule has 0 atom stereocenters. The number of carbonyl (C=O) groups excluding carboxylic acids is 1.